The van der Waals surface area contributed by atoms with Gasteiger partial charge < -0.3 is 15.6 Å². The van der Waals surface area contributed by atoms with Gasteiger partial charge in [-0.3, -0.25) is 0 Å². The van der Waals surface area contributed by atoms with Gasteiger partial charge >= 0.3 is 6.01 Å². The van der Waals surface area contributed by atoms with E-state index in [1.54, 1.807) is 13.1 Å². The second-order valence-electron chi connectivity index (χ2n) is 2.88. The van der Waals surface area contributed by atoms with Crippen LogP contribution in [0.5, 0.6) is 6.01 Å². The van der Waals surface area contributed by atoms with Gasteiger partial charge in [-0.1, -0.05) is 0 Å². The van der Waals surface area contributed by atoms with Crippen molar-refractivity contribution in [2.75, 3.05) is 13.2 Å². The number of aromatic nitrogens is 2. The largest absolute Gasteiger partial charge is 0.464 e. The molecule has 0 fully saturated rings. The minimum absolute atomic E-state index is 0.165. The molecule has 1 rings (SSSR count). The zero-order chi connectivity index (χ0) is 10.6. The Kier molecular flexibility index (Phi) is 3.79. The molecule has 3 N–H and O–H groups in total. The smallest absolute Gasteiger partial charge is 0.316 e. The molecule has 0 saturated carbocycles. The summed E-state index contributed by atoms with van der Waals surface area (Å²) in [5.41, 5.74) is 6.68. The maximum absolute atomic E-state index is 9.49. The predicted molar refractivity (Wildman–Crippen MR) is 52.0 cm³/mol. The second kappa shape index (κ2) is 4.88. The van der Waals surface area contributed by atoms with Crippen molar-refractivity contribution in [2.45, 2.75) is 20.0 Å². The van der Waals surface area contributed by atoms with E-state index in [1.165, 1.54) is 0 Å². The molecule has 0 aliphatic carbocycles. The van der Waals surface area contributed by atoms with Crippen LogP contribution in [0.15, 0.2) is 6.20 Å². The molecule has 0 bridgehead atoms. The molecule has 14 heavy (non-hydrogen) atoms. The van der Waals surface area contributed by atoms with Crippen molar-refractivity contribution < 1.29 is 9.84 Å². The molecular formula is C9H15N3O2. The third kappa shape index (κ3) is 2.40. The van der Waals surface area contributed by atoms with Gasteiger partial charge in [0.1, 0.15) is 0 Å². The fourth-order valence-corrected chi connectivity index (χ4v) is 1.11. The molecule has 0 aliphatic heterocycles. The van der Waals surface area contributed by atoms with Crippen molar-refractivity contribution in [2.24, 2.45) is 5.73 Å². The molecule has 0 aliphatic rings. The van der Waals surface area contributed by atoms with Crippen LogP contribution in [0, 0.1) is 6.92 Å². The van der Waals surface area contributed by atoms with E-state index in [1.807, 2.05) is 6.92 Å². The number of nitrogens with zero attached hydrogens (tertiary/aromatic N) is 2. The second-order valence-corrected chi connectivity index (χ2v) is 2.88. The lowest BCUT2D eigenvalue weighted by Gasteiger charge is -2.10. The number of ether oxygens (including phenoxy) is 1. The summed E-state index contributed by atoms with van der Waals surface area (Å²) in [4.78, 5) is 8.03. The molecule has 1 atom stereocenters. The van der Waals surface area contributed by atoms with E-state index in [0.29, 0.717) is 23.9 Å². The van der Waals surface area contributed by atoms with Crippen LogP contribution in [0.3, 0.4) is 0 Å². The van der Waals surface area contributed by atoms with Gasteiger partial charge in [-0.05, 0) is 13.8 Å². The Labute approximate surface area is 82.9 Å². The van der Waals surface area contributed by atoms with Crippen molar-refractivity contribution in [1.82, 2.24) is 9.97 Å². The van der Waals surface area contributed by atoms with Gasteiger partial charge in [0.2, 0.25) is 0 Å². The molecule has 0 saturated heterocycles. The summed E-state index contributed by atoms with van der Waals surface area (Å²) in [6.45, 7) is 4.34. The van der Waals surface area contributed by atoms with Gasteiger partial charge in [0.25, 0.3) is 0 Å². The fourth-order valence-electron chi connectivity index (χ4n) is 1.11. The maximum Gasteiger partial charge on any atom is 0.316 e. The first-order chi connectivity index (χ1) is 6.69. The van der Waals surface area contributed by atoms with Crippen molar-refractivity contribution in [3.8, 4) is 6.01 Å². The minimum atomic E-state index is -0.703. The Balaban J connectivity index is 2.89. The lowest BCUT2D eigenvalue weighted by molar-refractivity contribution is 0.184. The Morgan fingerprint density at radius 1 is 1.64 bits per heavy atom. The molecule has 1 unspecified atom stereocenters. The molecule has 0 amide bonds. The molecular weight excluding hydrogens is 182 g/mol. The molecule has 0 spiro atoms. The number of hydrogen-bond donors (Lipinski definition) is 2. The molecule has 1 heterocycles. The highest BCUT2D eigenvalue weighted by Crippen LogP contribution is 2.15. The average Bonchev–Trinajstić information content (AvgIpc) is 2.17. The van der Waals surface area contributed by atoms with E-state index >= 15 is 0 Å². The zero-order valence-corrected chi connectivity index (χ0v) is 8.40. The SMILES string of the molecule is CCOc1ncc(C(O)CN)c(C)n1. The van der Waals surface area contributed by atoms with Crippen LogP contribution in [0.1, 0.15) is 24.3 Å². The number of aliphatic hydroxyl groups is 1. The predicted octanol–water partition coefficient (Wildman–Crippen LogP) is 0.176. The Hall–Kier alpha value is -1.20. The van der Waals surface area contributed by atoms with Crippen LogP contribution in [0.25, 0.3) is 0 Å². The van der Waals surface area contributed by atoms with Gasteiger partial charge in [0.05, 0.1) is 18.4 Å². The van der Waals surface area contributed by atoms with Crippen molar-refractivity contribution in [3.05, 3.63) is 17.5 Å². The number of aliphatic hydroxyl groups excluding tert-OH is 1. The maximum atomic E-state index is 9.49. The summed E-state index contributed by atoms with van der Waals surface area (Å²) < 4.78 is 5.12. The molecule has 0 radical (unpaired) electrons. The lowest BCUT2D eigenvalue weighted by Crippen LogP contribution is -2.14. The minimum Gasteiger partial charge on any atom is -0.464 e. The average molecular weight is 197 g/mol. The van der Waals surface area contributed by atoms with E-state index in [2.05, 4.69) is 9.97 Å². The molecule has 5 nitrogen and oxygen atoms in total. The molecule has 0 aromatic carbocycles. The summed E-state index contributed by atoms with van der Waals surface area (Å²) in [6.07, 6.45) is 0.843. The third-order valence-corrected chi connectivity index (χ3v) is 1.85. The number of nitrogens with two attached hydrogens (primary N) is 1. The summed E-state index contributed by atoms with van der Waals surface area (Å²) in [7, 11) is 0. The van der Waals surface area contributed by atoms with Gasteiger partial charge in [-0.15, -0.1) is 0 Å². The van der Waals surface area contributed by atoms with E-state index in [-0.39, 0.29) is 6.54 Å². The Morgan fingerprint density at radius 2 is 2.36 bits per heavy atom. The zero-order valence-electron chi connectivity index (χ0n) is 8.40. The monoisotopic (exact) mass is 197 g/mol. The molecule has 78 valence electrons. The summed E-state index contributed by atoms with van der Waals surface area (Å²) in [6, 6.07) is 0.331. The molecule has 5 heteroatoms. The van der Waals surface area contributed by atoms with Crippen LogP contribution in [0.4, 0.5) is 0 Å². The number of hydrogen-bond acceptors (Lipinski definition) is 5. The van der Waals surface area contributed by atoms with E-state index in [0.717, 1.165) is 0 Å². The fraction of sp³-hybridized carbons (Fsp3) is 0.556. The first kappa shape index (κ1) is 10.9. The first-order valence-electron chi connectivity index (χ1n) is 4.53. The van der Waals surface area contributed by atoms with Crippen molar-refractivity contribution >= 4 is 0 Å². The van der Waals surface area contributed by atoms with Crippen LogP contribution in [-0.4, -0.2) is 28.2 Å². The first-order valence-corrected chi connectivity index (χ1v) is 4.53. The topological polar surface area (TPSA) is 81.3 Å². The normalized spacial score (nSPS) is 12.6. The quantitative estimate of drug-likeness (QED) is 0.719. The van der Waals surface area contributed by atoms with E-state index in [9.17, 15) is 5.11 Å². The van der Waals surface area contributed by atoms with Gasteiger partial charge in [0, 0.05) is 18.3 Å². The highest BCUT2D eigenvalue weighted by molar-refractivity contribution is 5.20. The van der Waals surface area contributed by atoms with Crippen LogP contribution in [-0.2, 0) is 0 Å². The van der Waals surface area contributed by atoms with E-state index in [4.69, 9.17) is 10.5 Å². The van der Waals surface area contributed by atoms with Crippen LogP contribution >= 0.6 is 0 Å². The molecule has 1 aromatic heterocycles. The number of aryl methyl sites for hydroxylation is 1. The number of rotatable bonds is 4. The van der Waals surface area contributed by atoms with Crippen molar-refractivity contribution in [1.29, 1.82) is 0 Å². The van der Waals surface area contributed by atoms with Crippen LogP contribution < -0.4 is 10.5 Å². The summed E-state index contributed by atoms with van der Waals surface area (Å²) >= 11 is 0. The van der Waals surface area contributed by atoms with Crippen molar-refractivity contribution in [3.63, 3.8) is 0 Å². The van der Waals surface area contributed by atoms with Gasteiger partial charge in [0.15, 0.2) is 0 Å². The highest BCUT2D eigenvalue weighted by atomic mass is 16.5. The highest BCUT2D eigenvalue weighted by Gasteiger charge is 2.11. The van der Waals surface area contributed by atoms with E-state index < -0.39 is 6.10 Å². The van der Waals surface area contributed by atoms with Gasteiger partial charge in [-0.2, -0.15) is 0 Å². The summed E-state index contributed by atoms with van der Waals surface area (Å²) in [5.74, 6) is 0. The Bertz CT molecular complexity index is 304. The summed E-state index contributed by atoms with van der Waals surface area (Å²) in [5, 5.41) is 9.49. The standard InChI is InChI=1S/C9H15N3O2/c1-3-14-9-11-5-7(6(2)12-9)8(13)4-10/h5,8,13H,3-4,10H2,1-2H3. The molecule has 1 aromatic rings. The third-order valence-electron chi connectivity index (χ3n) is 1.85. The van der Waals surface area contributed by atoms with Crippen LogP contribution in [0.2, 0.25) is 0 Å². The lowest BCUT2D eigenvalue weighted by atomic mass is 10.1. The van der Waals surface area contributed by atoms with Gasteiger partial charge in [-0.25, -0.2) is 9.97 Å². The Morgan fingerprint density at radius 3 is 2.86 bits per heavy atom.